The SMILES string of the molecule is CCOc1cc(CNC23CC4CC(CC(C4)C2)C3)ccc1OCc1ccc(Cl)cc1Cl. The minimum atomic E-state index is 0.362. The van der Waals surface area contributed by atoms with Crippen LogP contribution < -0.4 is 14.8 Å². The molecule has 0 unspecified atom stereocenters. The summed E-state index contributed by atoms with van der Waals surface area (Å²) in [5.74, 6) is 4.39. The van der Waals surface area contributed by atoms with Crippen LogP contribution in [0.5, 0.6) is 11.5 Å². The first kappa shape index (κ1) is 21.4. The first-order valence-corrected chi connectivity index (χ1v) is 12.3. The lowest BCUT2D eigenvalue weighted by molar-refractivity contribution is -0.0206. The van der Waals surface area contributed by atoms with Crippen LogP contribution >= 0.6 is 23.2 Å². The number of ether oxygens (including phenoxy) is 2. The van der Waals surface area contributed by atoms with Crippen molar-refractivity contribution in [3.8, 4) is 11.5 Å². The Kier molecular flexibility index (Phi) is 6.11. The third-order valence-corrected chi connectivity index (χ3v) is 8.00. The normalized spacial score (nSPS) is 28.7. The van der Waals surface area contributed by atoms with Gasteiger partial charge in [0, 0.05) is 27.7 Å². The summed E-state index contributed by atoms with van der Waals surface area (Å²) >= 11 is 12.3. The lowest BCUT2D eigenvalue weighted by Gasteiger charge is -2.57. The molecule has 0 saturated heterocycles. The van der Waals surface area contributed by atoms with Crippen molar-refractivity contribution in [2.75, 3.05) is 6.61 Å². The second-order valence-electron chi connectivity index (χ2n) is 9.79. The highest BCUT2D eigenvalue weighted by Crippen LogP contribution is 2.55. The van der Waals surface area contributed by atoms with Gasteiger partial charge < -0.3 is 14.8 Å². The van der Waals surface area contributed by atoms with Crippen molar-refractivity contribution >= 4 is 23.2 Å². The van der Waals surface area contributed by atoms with E-state index < -0.39 is 0 Å². The van der Waals surface area contributed by atoms with Crippen LogP contribution in [0.15, 0.2) is 36.4 Å². The molecule has 5 heteroatoms. The molecule has 0 atom stereocenters. The van der Waals surface area contributed by atoms with E-state index in [0.29, 0.717) is 28.8 Å². The van der Waals surface area contributed by atoms with E-state index in [1.54, 1.807) is 6.07 Å². The molecular formula is C26H31Cl2NO2. The molecule has 2 aromatic rings. The Hall–Kier alpha value is -1.42. The maximum Gasteiger partial charge on any atom is 0.161 e. The van der Waals surface area contributed by atoms with Crippen molar-refractivity contribution in [2.24, 2.45) is 17.8 Å². The summed E-state index contributed by atoms with van der Waals surface area (Å²) in [5.41, 5.74) is 2.51. The molecule has 6 rings (SSSR count). The first-order valence-electron chi connectivity index (χ1n) is 11.6. The maximum absolute atomic E-state index is 6.29. The highest BCUT2D eigenvalue weighted by molar-refractivity contribution is 6.35. The van der Waals surface area contributed by atoms with Crippen LogP contribution in [0.1, 0.15) is 56.6 Å². The number of benzene rings is 2. The fourth-order valence-corrected chi connectivity index (χ4v) is 6.92. The van der Waals surface area contributed by atoms with Gasteiger partial charge in [0.25, 0.3) is 0 Å². The van der Waals surface area contributed by atoms with Gasteiger partial charge in [0.05, 0.1) is 6.61 Å². The molecule has 4 saturated carbocycles. The first-order chi connectivity index (χ1) is 15.0. The second-order valence-corrected chi connectivity index (χ2v) is 10.6. The number of rotatable bonds is 8. The molecular weight excluding hydrogens is 429 g/mol. The minimum absolute atomic E-state index is 0.362. The van der Waals surface area contributed by atoms with E-state index in [1.165, 1.54) is 44.1 Å². The fourth-order valence-electron chi connectivity index (χ4n) is 6.46. The Morgan fingerprint density at radius 2 is 1.61 bits per heavy atom. The Morgan fingerprint density at radius 3 is 2.26 bits per heavy atom. The molecule has 4 fully saturated rings. The molecule has 3 nitrogen and oxygen atoms in total. The molecule has 4 bridgehead atoms. The van der Waals surface area contributed by atoms with Crippen molar-refractivity contribution in [2.45, 2.75) is 64.1 Å². The zero-order valence-electron chi connectivity index (χ0n) is 18.1. The van der Waals surface area contributed by atoms with Gasteiger partial charge in [0.1, 0.15) is 6.61 Å². The van der Waals surface area contributed by atoms with Gasteiger partial charge in [-0.2, -0.15) is 0 Å². The van der Waals surface area contributed by atoms with Crippen molar-refractivity contribution in [1.29, 1.82) is 0 Å². The summed E-state index contributed by atoms with van der Waals surface area (Å²) in [7, 11) is 0. The van der Waals surface area contributed by atoms with Crippen LogP contribution in [-0.4, -0.2) is 12.1 Å². The predicted molar refractivity (Wildman–Crippen MR) is 126 cm³/mol. The lowest BCUT2D eigenvalue weighted by atomic mass is 9.53. The van der Waals surface area contributed by atoms with Gasteiger partial charge in [0.2, 0.25) is 0 Å². The largest absolute Gasteiger partial charge is 0.490 e. The molecule has 2 aromatic carbocycles. The van der Waals surface area contributed by atoms with E-state index >= 15 is 0 Å². The average molecular weight is 460 g/mol. The quantitative estimate of drug-likeness (QED) is 0.459. The van der Waals surface area contributed by atoms with Crippen LogP contribution in [0.4, 0.5) is 0 Å². The zero-order valence-corrected chi connectivity index (χ0v) is 19.6. The lowest BCUT2D eigenvalue weighted by Crippen LogP contribution is -2.58. The van der Waals surface area contributed by atoms with Crippen LogP contribution in [0.3, 0.4) is 0 Å². The number of hydrogen-bond donors (Lipinski definition) is 1. The van der Waals surface area contributed by atoms with E-state index in [0.717, 1.165) is 41.4 Å². The number of hydrogen-bond acceptors (Lipinski definition) is 3. The van der Waals surface area contributed by atoms with E-state index in [4.69, 9.17) is 32.7 Å². The third kappa shape index (κ3) is 4.69. The maximum atomic E-state index is 6.29. The topological polar surface area (TPSA) is 30.5 Å². The minimum Gasteiger partial charge on any atom is -0.490 e. The molecule has 4 aliphatic carbocycles. The Bertz CT molecular complexity index is 910. The number of nitrogens with one attached hydrogen (secondary N) is 1. The van der Waals surface area contributed by atoms with Gasteiger partial charge in [-0.15, -0.1) is 0 Å². The average Bonchev–Trinajstić information content (AvgIpc) is 2.72. The molecule has 0 aromatic heterocycles. The third-order valence-electron chi connectivity index (χ3n) is 7.41. The predicted octanol–water partition coefficient (Wildman–Crippen LogP) is 7.03. The summed E-state index contributed by atoms with van der Waals surface area (Å²) < 4.78 is 12.0. The van der Waals surface area contributed by atoms with Crippen molar-refractivity contribution < 1.29 is 9.47 Å². The summed E-state index contributed by atoms with van der Waals surface area (Å²) in [4.78, 5) is 0. The van der Waals surface area contributed by atoms with Gasteiger partial charge in [-0.25, -0.2) is 0 Å². The van der Waals surface area contributed by atoms with Crippen LogP contribution in [0, 0.1) is 17.8 Å². The van der Waals surface area contributed by atoms with Crippen LogP contribution in [0.2, 0.25) is 10.0 Å². The summed E-state index contributed by atoms with van der Waals surface area (Å²) in [6.07, 6.45) is 8.50. The van der Waals surface area contributed by atoms with Crippen molar-refractivity contribution in [1.82, 2.24) is 5.32 Å². The summed E-state index contributed by atoms with van der Waals surface area (Å²) in [6.45, 7) is 3.86. The van der Waals surface area contributed by atoms with E-state index in [9.17, 15) is 0 Å². The Labute approximate surface area is 195 Å². The molecule has 4 aliphatic rings. The smallest absolute Gasteiger partial charge is 0.161 e. The Balaban J connectivity index is 1.26. The molecule has 0 heterocycles. The molecule has 0 aliphatic heterocycles. The van der Waals surface area contributed by atoms with E-state index in [2.05, 4.69) is 17.4 Å². The van der Waals surface area contributed by atoms with E-state index in [1.807, 2.05) is 25.1 Å². The summed E-state index contributed by atoms with van der Waals surface area (Å²) in [5, 5.41) is 5.21. The highest BCUT2D eigenvalue weighted by atomic mass is 35.5. The molecule has 1 N–H and O–H groups in total. The van der Waals surface area contributed by atoms with Crippen molar-refractivity contribution in [3.63, 3.8) is 0 Å². The van der Waals surface area contributed by atoms with Gasteiger partial charge >= 0.3 is 0 Å². The Morgan fingerprint density at radius 1 is 0.903 bits per heavy atom. The highest BCUT2D eigenvalue weighted by Gasteiger charge is 2.50. The molecule has 0 spiro atoms. The van der Waals surface area contributed by atoms with Crippen LogP contribution in [-0.2, 0) is 13.2 Å². The van der Waals surface area contributed by atoms with Crippen LogP contribution in [0.25, 0.3) is 0 Å². The van der Waals surface area contributed by atoms with Gasteiger partial charge in [0.15, 0.2) is 11.5 Å². The molecule has 166 valence electrons. The fraction of sp³-hybridized carbons (Fsp3) is 0.538. The van der Waals surface area contributed by atoms with Gasteiger partial charge in [-0.05, 0) is 93.0 Å². The monoisotopic (exact) mass is 459 g/mol. The molecule has 31 heavy (non-hydrogen) atoms. The number of halogens is 2. The molecule has 0 radical (unpaired) electrons. The standard InChI is InChI=1S/C26H31Cl2NO2/c1-2-30-25-10-17(3-6-24(25)31-16-21-4-5-22(27)11-23(21)28)15-29-26-12-18-7-19(13-26)9-20(8-18)14-26/h3-6,10-11,18-20,29H,2,7-9,12-16H2,1H3. The van der Waals surface area contributed by atoms with Gasteiger partial charge in [-0.1, -0.05) is 35.3 Å². The van der Waals surface area contributed by atoms with Gasteiger partial charge in [-0.3, -0.25) is 0 Å². The zero-order chi connectivity index (χ0) is 21.4. The molecule has 0 amide bonds. The van der Waals surface area contributed by atoms with E-state index in [-0.39, 0.29) is 0 Å². The van der Waals surface area contributed by atoms with Crippen molar-refractivity contribution in [3.05, 3.63) is 57.6 Å². The summed E-state index contributed by atoms with van der Waals surface area (Å²) in [6, 6.07) is 11.8. The second kappa shape index (κ2) is 8.84.